The predicted molar refractivity (Wildman–Crippen MR) is 119 cm³/mol. The van der Waals surface area contributed by atoms with E-state index in [2.05, 4.69) is 19.6 Å². The quantitative estimate of drug-likeness (QED) is 0.154. The first-order chi connectivity index (χ1) is 13.8. The van der Waals surface area contributed by atoms with Gasteiger partial charge in [0.1, 0.15) is 5.57 Å². The van der Waals surface area contributed by atoms with Gasteiger partial charge in [0.25, 0.3) is 0 Å². The van der Waals surface area contributed by atoms with E-state index in [0.717, 1.165) is 16.7 Å². The van der Waals surface area contributed by atoms with Crippen LogP contribution < -0.4 is 0 Å². The van der Waals surface area contributed by atoms with Crippen LogP contribution in [0.4, 0.5) is 0 Å². The molecular weight excluding hydrogens is 380 g/mol. The fourth-order valence-corrected chi connectivity index (χ4v) is 3.11. The van der Waals surface area contributed by atoms with Gasteiger partial charge in [-0.2, -0.15) is 0 Å². The van der Waals surface area contributed by atoms with E-state index in [0.29, 0.717) is 6.23 Å². The number of rotatable bonds is 8. The highest BCUT2D eigenvalue weighted by molar-refractivity contribution is 6.76. The van der Waals surface area contributed by atoms with Crippen LogP contribution in [-0.2, 0) is 19.1 Å². The maximum atomic E-state index is 12.6. The van der Waals surface area contributed by atoms with E-state index in [9.17, 15) is 9.59 Å². The van der Waals surface area contributed by atoms with Crippen molar-refractivity contribution >= 4 is 25.6 Å². The van der Waals surface area contributed by atoms with Crippen molar-refractivity contribution in [2.45, 2.75) is 26.6 Å². The Morgan fingerprint density at radius 2 is 1.28 bits per heavy atom. The number of benzene rings is 2. The van der Waals surface area contributed by atoms with Crippen LogP contribution in [-0.4, -0.2) is 32.8 Å². The molecule has 152 valence electrons. The predicted octanol–water partition coefficient (Wildman–Crippen LogP) is 5.03. The number of carbonyl (C=O) groups is 2. The van der Waals surface area contributed by atoms with E-state index in [1.54, 1.807) is 13.0 Å². The Bertz CT molecular complexity index is 837. The Morgan fingerprint density at radius 3 is 1.72 bits per heavy atom. The Kier molecular flexibility index (Phi) is 8.16. The zero-order valence-electron chi connectivity index (χ0n) is 17.5. The van der Waals surface area contributed by atoms with Gasteiger partial charge in [-0.25, -0.2) is 9.59 Å². The molecule has 0 spiro atoms. The van der Waals surface area contributed by atoms with E-state index in [-0.39, 0.29) is 12.2 Å². The first kappa shape index (κ1) is 22.4. The van der Waals surface area contributed by atoms with Crippen molar-refractivity contribution < 1.29 is 19.1 Å². The molecule has 0 atom stereocenters. The van der Waals surface area contributed by atoms with E-state index in [1.165, 1.54) is 6.08 Å². The Hall–Kier alpha value is -2.92. The van der Waals surface area contributed by atoms with Crippen LogP contribution >= 0.6 is 0 Å². The third kappa shape index (κ3) is 7.20. The average molecular weight is 409 g/mol. The van der Waals surface area contributed by atoms with Crippen LogP contribution in [0.15, 0.2) is 78.4 Å². The summed E-state index contributed by atoms with van der Waals surface area (Å²) in [6.07, 6.45) is 3.61. The molecule has 0 aromatic heterocycles. The molecule has 0 fully saturated rings. The summed E-state index contributed by atoms with van der Waals surface area (Å²) >= 11 is 0. The van der Waals surface area contributed by atoms with Gasteiger partial charge >= 0.3 is 11.9 Å². The van der Waals surface area contributed by atoms with Gasteiger partial charge in [-0.05, 0) is 29.7 Å². The largest absolute Gasteiger partial charge is 0.466 e. The molecule has 5 heteroatoms. The van der Waals surface area contributed by atoms with E-state index < -0.39 is 20.0 Å². The number of ether oxygens (including phenoxy) is 2. The minimum atomic E-state index is -1.61. The lowest BCUT2D eigenvalue weighted by atomic mass is 9.97. The number of allylic oxidation sites excluding steroid dienone is 2. The third-order valence-corrected chi connectivity index (χ3v) is 4.95. The summed E-state index contributed by atoms with van der Waals surface area (Å²) < 4.78 is 10.5. The van der Waals surface area contributed by atoms with Crippen molar-refractivity contribution in [1.82, 2.24) is 0 Å². The Balaban J connectivity index is 2.45. The van der Waals surface area contributed by atoms with Gasteiger partial charge in [0.15, 0.2) is 0 Å². The fourth-order valence-electron chi connectivity index (χ4n) is 2.55. The van der Waals surface area contributed by atoms with Crippen LogP contribution in [0.2, 0.25) is 19.6 Å². The van der Waals surface area contributed by atoms with Crippen LogP contribution in [0.3, 0.4) is 0 Å². The SMILES string of the molecule is CCOC(=O)/C(=C/C=C(c1ccccc1)c1ccccc1)C(=O)OC[Si](C)(C)C. The second-order valence-electron chi connectivity index (χ2n) is 7.75. The van der Waals surface area contributed by atoms with Crippen molar-refractivity contribution in [1.29, 1.82) is 0 Å². The molecule has 0 unspecified atom stereocenters. The highest BCUT2D eigenvalue weighted by Gasteiger charge is 2.23. The average Bonchev–Trinajstić information content (AvgIpc) is 2.70. The summed E-state index contributed by atoms with van der Waals surface area (Å²) in [5, 5.41) is 0. The fraction of sp³-hybridized carbons (Fsp3) is 0.250. The highest BCUT2D eigenvalue weighted by atomic mass is 28.3. The standard InChI is InChI=1S/C24H28O4Si/c1-5-27-23(25)22(24(26)28-18-29(2,3)4)17-16-21(19-12-8-6-9-13-19)20-14-10-7-11-15-20/h6-17H,5,18H2,1-4H3/b22-17-. The van der Waals surface area contributed by atoms with Gasteiger partial charge in [0.2, 0.25) is 0 Å². The van der Waals surface area contributed by atoms with Gasteiger partial charge in [0, 0.05) is 0 Å². The number of hydrogen-bond donors (Lipinski definition) is 0. The lowest BCUT2D eigenvalue weighted by Crippen LogP contribution is -2.31. The Morgan fingerprint density at radius 1 is 0.793 bits per heavy atom. The molecular formula is C24H28O4Si. The molecule has 0 amide bonds. The minimum absolute atomic E-state index is 0.102. The summed E-state index contributed by atoms with van der Waals surface area (Å²) in [5.41, 5.74) is 2.75. The molecule has 0 radical (unpaired) electrons. The van der Waals surface area contributed by atoms with Gasteiger partial charge in [-0.15, -0.1) is 0 Å². The number of carbonyl (C=O) groups excluding carboxylic acids is 2. The zero-order valence-corrected chi connectivity index (χ0v) is 18.5. The van der Waals surface area contributed by atoms with E-state index >= 15 is 0 Å². The summed E-state index contributed by atoms with van der Waals surface area (Å²) in [7, 11) is -1.61. The van der Waals surface area contributed by atoms with Crippen LogP contribution in [0, 0.1) is 0 Å². The van der Waals surface area contributed by atoms with Crippen LogP contribution in [0.1, 0.15) is 18.1 Å². The van der Waals surface area contributed by atoms with Crippen molar-refractivity contribution in [3.8, 4) is 0 Å². The molecule has 4 nitrogen and oxygen atoms in total. The second-order valence-corrected chi connectivity index (χ2v) is 13.2. The molecule has 0 saturated carbocycles. The smallest absolute Gasteiger partial charge is 0.345 e. The lowest BCUT2D eigenvalue weighted by molar-refractivity contribution is -0.146. The van der Waals surface area contributed by atoms with Crippen molar-refractivity contribution in [3.63, 3.8) is 0 Å². The molecule has 0 saturated heterocycles. The van der Waals surface area contributed by atoms with E-state index in [4.69, 9.17) is 9.47 Å². The van der Waals surface area contributed by atoms with Crippen LogP contribution in [0.5, 0.6) is 0 Å². The van der Waals surface area contributed by atoms with Gasteiger partial charge in [-0.1, -0.05) is 86.4 Å². The molecule has 0 aliphatic carbocycles. The zero-order chi connectivity index (χ0) is 21.3. The topological polar surface area (TPSA) is 52.6 Å². The molecule has 2 aromatic rings. The first-order valence-electron chi connectivity index (χ1n) is 9.69. The summed E-state index contributed by atoms with van der Waals surface area (Å²) in [5.74, 6) is -1.33. The van der Waals surface area contributed by atoms with E-state index in [1.807, 2.05) is 60.7 Å². The molecule has 0 aliphatic rings. The lowest BCUT2D eigenvalue weighted by Gasteiger charge is -2.16. The molecule has 2 rings (SSSR count). The summed E-state index contributed by atoms with van der Waals surface area (Å²) in [4.78, 5) is 25.0. The van der Waals surface area contributed by atoms with Crippen molar-refractivity contribution in [3.05, 3.63) is 89.5 Å². The maximum Gasteiger partial charge on any atom is 0.345 e. The first-order valence-corrected chi connectivity index (χ1v) is 13.4. The molecule has 0 aliphatic heterocycles. The second kappa shape index (κ2) is 10.6. The molecule has 0 bridgehead atoms. The van der Waals surface area contributed by atoms with Gasteiger partial charge in [-0.3, -0.25) is 0 Å². The highest BCUT2D eigenvalue weighted by Crippen LogP contribution is 2.23. The van der Waals surface area contributed by atoms with Gasteiger partial charge < -0.3 is 9.47 Å². The summed E-state index contributed by atoms with van der Waals surface area (Å²) in [6.45, 7) is 8.17. The third-order valence-electron chi connectivity index (χ3n) is 3.94. The molecule has 0 heterocycles. The van der Waals surface area contributed by atoms with Crippen molar-refractivity contribution in [2.75, 3.05) is 12.8 Å². The normalized spacial score (nSPS) is 11.5. The Labute approximate surface area is 173 Å². The van der Waals surface area contributed by atoms with Gasteiger partial charge in [0.05, 0.1) is 20.9 Å². The van der Waals surface area contributed by atoms with Crippen LogP contribution in [0.25, 0.3) is 5.57 Å². The molecule has 29 heavy (non-hydrogen) atoms. The van der Waals surface area contributed by atoms with Crippen molar-refractivity contribution in [2.24, 2.45) is 0 Å². The molecule has 0 N–H and O–H groups in total. The number of hydrogen-bond acceptors (Lipinski definition) is 4. The maximum absolute atomic E-state index is 12.6. The minimum Gasteiger partial charge on any atom is -0.466 e. The number of esters is 2. The monoisotopic (exact) mass is 408 g/mol. The molecule has 2 aromatic carbocycles. The summed E-state index contributed by atoms with van der Waals surface area (Å²) in [6, 6.07) is 19.6.